The van der Waals surface area contributed by atoms with E-state index in [1.165, 1.54) is 10.4 Å². The minimum atomic E-state index is -3.55. The molecule has 0 spiro atoms. The molecule has 3 rings (SSSR count). The van der Waals surface area contributed by atoms with Crippen LogP contribution >= 0.6 is 15.9 Å². The van der Waals surface area contributed by atoms with Crippen LogP contribution in [0.25, 0.3) is 0 Å². The van der Waals surface area contributed by atoms with Gasteiger partial charge < -0.3 is 4.74 Å². The maximum Gasteiger partial charge on any atom is 0.309 e. The van der Waals surface area contributed by atoms with E-state index in [1.54, 1.807) is 42.5 Å². The lowest BCUT2D eigenvalue weighted by Crippen LogP contribution is -2.40. The topological polar surface area (TPSA) is 63.7 Å². The first-order valence-corrected chi connectivity index (χ1v) is 10.8. The molecule has 0 unspecified atom stereocenters. The highest BCUT2D eigenvalue weighted by molar-refractivity contribution is 9.10. The van der Waals surface area contributed by atoms with E-state index in [0.29, 0.717) is 22.9 Å². The number of nitrogens with zero attached hydrogens (tertiary/aromatic N) is 1. The molecule has 8 heteroatoms. The molecule has 0 aromatic heterocycles. The molecular weight excluding hydrogens is 437 g/mol. The van der Waals surface area contributed by atoms with E-state index in [0.717, 1.165) is 0 Å². The van der Waals surface area contributed by atoms with E-state index in [2.05, 4.69) is 15.9 Å². The normalized spacial score (nSPS) is 16.2. The largest absolute Gasteiger partial charge is 0.460 e. The predicted molar refractivity (Wildman–Crippen MR) is 102 cm³/mol. The molecule has 144 valence electrons. The summed E-state index contributed by atoms with van der Waals surface area (Å²) in [6.07, 6.45) is 0.765. The first-order chi connectivity index (χ1) is 12.9. The number of benzene rings is 2. The maximum absolute atomic E-state index is 13.8. The van der Waals surface area contributed by atoms with Crippen molar-refractivity contribution in [2.24, 2.45) is 5.92 Å². The molecule has 0 bridgehead atoms. The zero-order chi connectivity index (χ0) is 19.4. The van der Waals surface area contributed by atoms with E-state index >= 15 is 0 Å². The summed E-state index contributed by atoms with van der Waals surface area (Å²) in [6, 6.07) is 12.8. The van der Waals surface area contributed by atoms with Crippen molar-refractivity contribution in [2.45, 2.75) is 24.3 Å². The summed E-state index contributed by atoms with van der Waals surface area (Å²) in [5, 5.41) is 0. The highest BCUT2D eigenvalue weighted by Gasteiger charge is 2.32. The number of ether oxygens (including phenoxy) is 1. The van der Waals surface area contributed by atoms with E-state index in [9.17, 15) is 17.6 Å². The lowest BCUT2D eigenvalue weighted by molar-refractivity contribution is -0.151. The van der Waals surface area contributed by atoms with Gasteiger partial charge in [-0.15, -0.1) is 0 Å². The third-order valence-corrected chi connectivity index (χ3v) is 6.96. The van der Waals surface area contributed by atoms with Gasteiger partial charge in [-0.25, -0.2) is 12.8 Å². The quantitative estimate of drug-likeness (QED) is 0.644. The van der Waals surface area contributed by atoms with Crippen molar-refractivity contribution in [2.75, 3.05) is 13.1 Å². The molecule has 0 aliphatic carbocycles. The van der Waals surface area contributed by atoms with Gasteiger partial charge in [-0.1, -0.05) is 40.2 Å². The number of hydrogen-bond acceptors (Lipinski definition) is 4. The Balaban J connectivity index is 1.55. The summed E-state index contributed by atoms with van der Waals surface area (Å²) in [6.45, 7) is 0.369. The van der Waals surface area contributed by atoms with Gasteiger partial charge in [-0.05, 0) is 37.1 Å². The summed E-state index contributed by atoms with van der Waals surface area (Å²) in [5.41, 5.74) is 0.302. The van der Waals surface area contributed by atoms with Gasteiger partial charge in [-0.2, -0.15) is 4.31 Å². The molecule has 0 saturated carbocycles. The second-order valence-corrected chi connectivity index (χ2v) is 9.19. The molecule has 27 heavy (non-hydrogen) atoms. The Morgan fingerprint density at radius 1 is 1.15 bits per heavy atom. The van der Waals surface area contributed by atoms with Gasteiger partial charge in [0, 0.05) is 23.1 Å². The molecule has 1 aliphatic heterocycles. The first-order valence-electron chi connectivity index (χ1n) is 8.53. The SMILES string of the molecule is O=C(OCc1ccc(Br)cc1F)C1CCN(S(=O)(=O)c2ccccc2)CC1. The minimum Gasteiger partial charge on any atom is -0.460 e. The zero-order valence-corrected chi connectivity index (χ0v) is 16.9. The molecule has 0 N–H and O–H groups in total. The number of hydrogen-bond donors (Lipinski definition) is 0. The Morgan fingerprint density at radius 2 is 1.81 bits per heavy atom. The summed E-state index contributed by atoms with van der Waals surface area (Å²) in [7, 11) is -3.55. The van der Waals surface area contributed by atoms with Crippen LogP contribution in [0.5, 0.6) is 0 Å². The van der Waals surface area contributed by atoms with Crippen molar-refractivity contribution in [1.29, 1.82) is 0 Å². The van der Waals surface area contributed by atoms with Crippen LogP contribution in [-0.2, 0) is 26.2 Å². The van der Waals surface area contributed by atoms with Gasteiger partial charge in [0.05, 0.1) is 10.8 Å². The monoisotopic (exact) mass is 455 g/mol. The Bertz CT molecular complexity index is 913. The van der Waals surface area contributed by atoms with Crippen LogP contribution in [-0.4, -0.2) is 31.8 Å². The fraction of sp³-hybridized carbons (Fsp3) is 0.316. The Labute approximate surface area is 166 Å². The molecule has 0 atom stereocenters. The molecule has 0 amide bonds. The van der Waals surface area contributed by atoms with Crippen molar-refractivity contribution in [1.82, 2.24) is 4.31 Å². The van der Waals surface area contributed by atoms with Gasteiger partial charge in [-0.3, -0.25) is 4.79 Å². The average Bonchev–Trinajstić information content (AvgIpc) is 2.68. The smallest absolute Gasteiger partial charge is 0.309 e. The third-order valence-electron chi connectivity index (χ3n) is 4.55. The fourth-order valence-electron chi connectivity index (χ4n) is 2.98. The van der Waals surface area contributed by atoms with Crippen LogP contribution in [0, 0.1) is 11.7 Å². The van der Waals surface area contributed by atoms with Crippen molar-refractivity contribution < 1.29 is 22.3 Å². The summed E-state index contributed by atoms with van der Waals surface area (Å²) < 4.78 is 46.2. The Morgan fingerprint density at radius 3 is 2.44 bits per heavy atom. The number of sulfonamides is 1. The van der Waals surface area contributed by atoms with Gasteiger partial charge in [0.15, 0.2) is 0 Å². The molecule has 1 fully saturated rings. The minimum absolute atomic E-state index is 0.138. The number of rotatable bonds is 5. The molecule has 2 aromatic carbocycles. The van der Waals surface area contributed by atoms with E-state index < -0.39 is 21.8 Å². The molecule has 1 heterocycles. The van der Waals surface area contributed by atoms with Crippen LogP contribution in [0.15, 0.2) is 57.9 Å². The number of carbonyl (C=O) groups excluding carboxylic acids is 1. The highest BCUT2D eigenvalue weighted by atomic mass is 79.9. The molecule has 1 saturated heterocycles. The van der Waals surface area contributed by atoms with Crippen molar-refractivity contribution in [3.05, 3.63) is 64.4 Å². The van der Waals surface area contributed by atoms with Crippen LogP contribution in [0.4, 0.5) is 4.39 Å². The van der Waals surface area contributed by atoms with Crippen LogP contribution in [0.3, 0.4) is 0 Å². The lowest BCUT2D eigenvalue weighted by atomic mass is 9.98. The summed E-state index contributed by atoms with van der Waals surface area (Å²) >= 11 is 3.18. The maximum atomic E-state index is 13.8. The lowest BCUT2D eigenvalue weighted by Gasteiger charge is -2.30. The van der Waals surface area contributed by atoms with E-state index in [-0.39, 0.29) is 30.5 Å². The third kappa shape index (κ3) is 4.75. The molecule has 5 nitrogen and oxygen atoms in total. The summed E-state index contributed by atoms with van der Waals surface area (Å²) in [4.78, 5) is 12.5. The van der Waals surface area contributed by atoms with Crippen molar-refractivity contribution >= 4 is 31.9 Å². The van der Waals surface area contributed by atoms with E-state index in [1.807, 2.05) is 0 Å². The van der Waals surface area contributed by atoms with Crippen LogP contribution in [0.1, 0.15) is 18.4 Å². The molecule has 2 aromatic rings. The number of esters is 1. The van der Waals surface area contributed by atoms with Gasteiger partial charge in [0.2, 0.25) is 10.0 Å². The molecular formula is C19H19BrFNO4S. The van der Waals surface area contributed by atoms with Gasteiger partial charge >= 0.3 is 5.97 Å². The molecule has 0 radical (unpaired) electrons. The number of halogens is 2. The second-order valence-electron chi connectivity index (χ2n) is 6.33. The average molecular weight is 456 g/mol. The predicted octanol–water partition coefficient (Wildman–Crippen LogP) is 3.73. The van der Waals surface area contributed by atoms with Crippen LogP contribution < -0.4 is 0 Å². The first kappa shape index (κ1) is 20.0. The Kier molecular flexibility index (Phi) is 6.29. The van der Waals surface area contributed by atoms with Gasteiger partial charge in [0.25, 0.3) is 0 Å². The fourth-order valence-corrected chi connectivity index (χ4v) is 4.80. The zero-order valence-electron chi connectivity index (χ0n) is 14.5. The second kappa shape index (κ2) is 8.50. The van der Waals surface area contributed by atoms with E-state index in [4.69, 9.17) is 4.74 Å². The standard InChI is InChI=1S/C19H19BrFNO4S/c20-16-7-6-15(18(21)12-16)13-26-19(23)14-8-10-22(11-9-14)27(24,25)17-4-2-1-3-5-17/h1-7,12,14H,8-11,13H2. The van der Waals surface area contributed by atoms with Crippen molar-refractivity contribution in [3.8, 4) is 0 Å². The Hall–Kier alpha value is -1.77. The van der Waals surface area contributed by atoms with Gasteiger partial charge in [0.1, 0.15) is 12.4 Å². The summed E-state index contributed by atoms with van der Waals surface area (Å²) in [5.74, 6) is -1.25. The number of carbonyl (C=O) groups is 1. The van der Waals surface area contributed by atoms with Crippen molar-refractivity contribution in [3.63, 3.8) is 0 Å². The number of piperidine rings is 1. The van der Waals surface area contributed by atoms with Crippen LogP contribution in [0.2, 0.25) is 0 Å². The molecule has 1 aliphatic rings. The highest BCUT2D eigenvalue weighted by Crippen LogP contribution is 2.25.